The van der Waals surface area contributed by atoms with Crippen LogP contribution in [0.2, 0.25) is 0 Å². The molecule has 0 atom stereocenters. The van der Waals surface area contributed by atoms with Gasteiger partial charge in [-0.3, -0.25) is 14.9 Å². The second-order valence-corrected chi connectivity index (χ2v) is 6.06. The lowest BCUT2D eigenvalue weighted by atomic mass is 10.2. The SMILES string of the molecule is COc1ccc([N+](=O)[O-])cc1NC(=O)C=Cc1cc(Br)c(OC)c(OC)c1. The molecule has 0 aliphatic carbocycles. The maximum absolute atomic E-state index is 12.2. The Hall–Kier alpha value is -3.07. The first kappa shape index (κ1) is 20.2. The van der Waals surface area contributed by atoms with Gasteiger partial charge < -0.3 is 19.5 Å². The molecule has 0 spiro atoms. The molecule has 2 aromatic carbocycles. The predicted molar refractivity (Wildman–Crippen MR) is 105 cm³/mol. The minimum atomic E-state index is -0.550. The lowest BCUT2D eigenvalue weighted by molar-refractivity contribution is -0.384. The topological polar surface area (TPSA) is 99.9 Å². The summed E-state index contributed by atoms with van der Waals surface area (Å²) >= 11 is 3.38. The molecule has 142 valence electrons. The Morgan fingerprint density at radius 3 is 2.41 bits per heavy atom. The Morgan fingerprint density at radius 2 is 1.81 bits per heavy atom. The van der Waals surface area contributed by atoms with Gasteiger partial charge in [-0.15, -0.1) is 0 Å². The Bertz CT molecular complexity index is 898. The standard InChI is InChI=1S/C18H17BrN2O6/c1-25-15-6-5-12(21(23)24)10-14(15)20-17(22)7-4-11-8-13(19)18(27-3)16(9-11)26-2/h4-10H,1-3H3,(H,20,22). The van der Waals surface area contributed by atoms with Crippen LogP contribution >= 0.6 is 15.9 Å². The van der Waals surface area contributed by atoms with Crippen molar-refractivity contribution in [1.29, 1.82) is 0 Å². The largest absolute Gasteiger partial charge is 0.495 e. The van der Waals surface area contributed by atoms with Crippen molar-refractivity contribution in [3.8, 4) is 17.2 Å². The molecule has 0 aliphatic heterocycles. The Kier molecular flexibility index (Phi) is 6.78. The number of rotatable bonds is 7. The van der Waals surface area contributed by atoms with Crippen LogP contribution < -0.4 is 19.5 Å². The molecule has 8 nitrogen and oxygen atoms in total. The minimum Gasteiger partial charge on any atom is -0.495 e. The molecule has 1 N–H and O–H groups in total. The van der Waals surface area contributed by atoms with E-state index < -0.39 is 10.8 Å². The number of carbonyl (C=O) groups is 1. The van der Waals surface area contributed by atoms with Crippen molar-refractivity contribution in [3.63, 3.8) is 0 Å². The van der Waals surface area contributed by atoms with Crippen molar-refractivity contribution in [3.05, 3.63) is 56.6 Å². The number of nitro groups is 1. The van der Waals surface area contributed by atoms with Gasteiger partial charge in [0.1, 0.15) is 5.75 Å². The van der Waals surface area contributed by atoms with Crippen molar-refractivity contribution < 1.29 is 23.9 Å². The minimum absolute atomic E-state index is 0.154. The summed E-state index contributed by atoms with van der Waals surface area (Å²) in [4.78, 5) is 22.6. The number of anilines is 1. The summed E-state index contributed by atoms with van der Waals surface area (Å²) in [7, 11) is 4.45. The average Bonchev–Trinajstić information content (AvgIpc) is 2.65. The maximum Gasteiger partial charge on any atom is 0.271 e. The summed E-state index contributed by atoms with van der Waals surface area (Å²) in [6.45, 7) is 0. The number of hydrogen-bond donors (Lipinski definition) is 1. The molecule has 0 heterocycles. The number of nitro benzene ring substituents is 1. The van der Waals surface area contributed by atoms with Gasteiger partial charge in [0.2, 0.25) is 5.91 Å². The highest BCUT2D eigenvalue weighted by Crippen LogP contribution is 2.36. The number of non-ortho nitro benzene ring substituents is 1. The summed E-state index contributed by atoms with van der Waals surface area (Å²) < 4.78 is 16.3. The molecule has 0 saturated carbocycles. The first-order valence-corrected chi connectivity index (χ1v) is 8.42. The van der Waals surface area contributed by atoms with E-state index in [4.69, 9.17) is 14.2 Å². The fourth-order valence-electron chi connectivity index (χ4n) is 2.29. The molecule has 0 aliphatic rings. The predicted octanol–water partition coefficient (Wildman–Crippen LogP) is 4.04. The van der Waals surface area contributed by atoms with E-state index in [1.54, 1.807) is 18.2 Å². The number of benzene rings is 2. The van der Waals surface area contributed by atoms with E-state index in [-0.39, 0.29) is 11.4 Å². The smallest absolute Gasteiger partial charge is 0.271 e. The quantitative estimate of drug-likeness (QED) is 0.399. The molecule has 0 saturated heterocycles. The Balaban J connectivity index is 2.22. The molecule has 27 heavy (non-hydrogen) atoms. The molecule has 9 heteroatoms. The number of hydrogen-bond acceptors (Lipinski definition) is 6. The van der Waals surface area contributed by atoms with E-state index in [1.165, 1.54) is 45.6 Å². The fraction of sp³-hybridized carbons (Fsp3) is 0.167. The number of nitrogens with one attached hydrogen (secondary N) is 1. The van der Waals surface area contributed by atoms with E-state index in [0.29, 0.717) is 27.3 Å². The lowest BCUT2D eigenvalue weighted by Crippen LogP contribution is -2.09. The van der Waals surface area contributed by atoms with Gasteiger partial charge in [0, 0.05) is 18.2 Å². The number of amides is 1. The lowest BCUT2D eigenvalue weighted by Gasteiger charge is -2.10. The van der Waals surface area contributed by atoms with Crippen LogP contribution in [-0.2, 0) is 4.79 Å². The molecule has 0 aromatic heterocycles. The van der Waals surface area contributed by atoms with Gasteiger partial charge in [0.25, 0.3) is 5.69 Å². The van der Waals surface area contributed by atoms with Gasteiger partial charge >= 0.3 is 0 Å². The zero-order chi connectivity index (χ0) is 20.0. The molecule has 0 bridgehead atoms. The number of carbonyl (C=O) groups excluding carboxylic acids is 1. The van der Waals surface area contributed by atoms with Gasteiger partial charge in [-0.05, 0) is 45.8 Å². The van der Waals surface area contributed by atoms with Crippen molar-refractivity contribution in [1.82, 2.24) is 0 Å². The summed E-state index contributed by atoms with van der Waals surface area (Å²) in [5.41, 5.74) is 0.745. The molecule has 0 fully saturated rings. The number of halogens is 1. The van der Waals surface area contributed by atoms with Crippen LogP contribution in [0.15, 0.2) is 40.9 Å². The van der Waals surface area contributed by atoms with Gasteiger partial charge in [-0.25, -0.2) is 0 Å². The van der Waals surface area contributed by atoms with Crippen LogP contribution in [0.25, 0.3) is 6.08 Å². The normalized spacial score (nSPS) is 10.5. The number of ether oxygens (including phenoxy) is 3. The fourth-order valence-corrected chi connectivity index (χ4v) is 2.91. The first-order chi connectivity index (χ1) is 12.9. The highest BCUT2D eigenvalue weighted by Gasteiger charge is 2.13. The summed E-state index contributed by atoms with van der Waals surface area (Å²) in [5.74, 6) is 0.892. The van der Waals surface area contributed by atoms with Crippen LogP contribution in [0.4, 0.5) is 11.4 Å². The third-order valence-corrected chi connectivity index (χ3v) is 4.12. The molecule has 1 amide bonds. The van der Waals surface area contributed by atoms with E-state index in [9.17, 15) is 14.9 Å². The first-order valence-electron chi connectivity index (χ1n) is 7.62. The van der Waals surface area contributed by atoms with Crippen LogP contribution in [0, 0.1) is 10.1 Å². The van der Waals surface area contributed by atoms with Crippen LogP contribution in [0.1, 0.15) is 5.56 Å². The van der Waals surface area contributed by atoms with Crippen LogP contribution in [0.3, 0.4) is 0 Å². The van der Waals surface area contributed by atoms with E-state index in [2.05, 4.69) is 21.2 Å². The van der Waals surface area contributed by atoms with Gasteiger partial charge in [0.15, 0.2) is 11.5 Å². The maximum atomic E-state index is 12.2. The number of nitrogens with zero attached hydrogens (tertiary/aromatic N) is 1. The summed E-state index contributed by atoms with van der Waals surface area (Å²) in [6.07, 6.45) is 2.87. The van der Waals surface area contributed by atoms with Crippen LogP contribution in [-0.4, -0.2) is 32.2 Å². The van der Waals surface area contributed by atoms with Crippen molar-refractivity contribution in [2.75, 3.05) is 26.6 Å². The summed E-state index contributed by atoms with van der Waals surface area (Å²) in [5, 5.41) is 13.5. The highest BCUT2D eigenvalue weighted by molar-refractivity contribution is 9.10. The molecule has 0 unspecified atom stereocenters. The van der Waals surface area contributed by atoms with Gasteiger partial charge in [-0.2, -0.15) is 0 Å². The number of methoxy groups -OCH3 is 3. The summed E-state index contributed by atoms with van der Waals surface area (Å²) in [6, 6.07) is 7.42. The van der Waals surface area contributed by atoms with E-state index in [0.717, 1.165) is 0 Å². The Morgan fingerprint density at radius 1 is 1.11 bits per heavy atom. The third kappa shape index (κ3) is 4.98. The van der Waals surface area contributed by atoms with Gasteiger partial charge in [-0.1, -0.05) is 0 Å². The third-order valence-electron chi connectivity index (χ3n) is 3.53. The zero-order valence-electron chi connectivity index (χ0n) is 14.8. The van der Waals surface area contributed by atoms with E-state index >= 15 is 0 Å². The van der Waals surface area contributed by atoms with Crippen LogP contribution in [0.5, 0.6) is 17.2 Å². The molecular weight excluding hydrogens is 420 g/mol. The van der Waals surface area contributed by atoms with Crippen molar-refractivity contribution in [2.45, 2.75) is 0 Å². The second kappa shape index (κ2) is 9.04. The monoisotopic (exact) mass is 436 g/mol. The molecule has 2 aromatic rings. The van der Waals surface area contributed by atoms with E-state index in [1.807, 2.05) is 0 Å². The van der Waals surface area contributed by atoms with Crippen molar-refractivity contribution in [2.24, 2.45) is 0 Å². The van der Waals surface area contributed by atoms with Gasteiger partial charge in [0.05, 0.1) is 36.4 Å². The molecule has 2 rings (SSSR count). The molecular formula is C18H17BrN2O6. The molecule has 0 radical (unpaired) electrons. The Labute approximate surface area is 164 Å². The average molecular weight is 437 g/mol. The zero-order valence-corrected chi connectivity index (χ0v) is 16.4. The van der Waals surface area contributed by atoms with Crippen molar-refractivity contribution >= 4 is 39.3 Å². The second-order valence-electron chi connectivity index (χ2n) is 5.20. The highest BCUT2D eigenvalue weighted by atomic mass is 79.9.